The van der Waals surface area contributed by atoms with Crippen molar-refractivity contribution >= 4 is 5.97 Å². The molecule has 5 nitrogen and oxygen atoms in total. The largest absolute Gasteiger partial charge is 0.504 e. The van der Waals surface area contributed by atoms with Crippen LogP contribution >= 0.6 is 0 Å². The number of benzene rings is 1. The van der Waals surface area contributed by atoms with Gasteiger partial charge in [-0.1, -0.05) is 34.6 Å². The molecule has 0 aliphatic carbocycles. The summed E-state index contributed by atoms with van der Waals surface area (Å²) in [5, 5.41) is 9.81. The summed E-state index contributed by atoms with van der Waals surface area (Å²) < 4.78 is 11.0. The first-order valence-corrected chi connectivity index (χ1v) is 9.29. The first-order chi connectivity index (χ1) is 11.9. The average Bonchev–Trinajstić information content (AvgIpc) is 2.59. The van der Waals surface area contributed by atoms with Gasteiger partial charge in [0.05, 0.1) is 12.2 Å². The SMILES string of the molecule is CCCOc1cc(C(=O)OC[C@H](CC(C)C)N(CC)CC)ccc1O. The van der Waals surface area contributed by atoms with E-state index in [1.807, 2.05) is 6.92 Å². The molecule has 1 aromatic carbocycles. The van der Waals surface area contributed by atoms with E-state index in [0.29, 0.717) is 30.4 Å². The van der Waals surface area contributed by atoms with E-state index in [9.17, 15) is 9.90 Å². The molecule has 1 N–H and O–H groups in total. The van der Waals surface area contributed by atoms with Crippen LogP contribution in [0.15, 0.2) is 18.2 Å². The Labute approximate surface area is 151 Å². The molecule has 5 heteroatoms. The summed E-state index contributed by atoms with van der Waals surface area (Å²) in [5.74, 6) is 0.499. The molecule has 0 aliphatic rings. The summed E-state index contributed by atoms with van der Waals surface area (Å²) in [6.07, 6.45) is 1.81. The lowest BCUT2D eigenvalue weighted by Gasteiger charge is -2.30. The van der Waals surface area contributed by atoms with Crippen molar-refractivity contribution in [3.05, 3.63) is 23.8 Å². The zero-order valence-electron chi connectivity index (χ0n) is 16.2. The second kappa shape index (κ2) is 11.0. The van der Waals surface area contributed by atoms with E-state index in [1.54, 1.807) is 12.1 Å². The number of phenols is 1. The van der Waals surface area contributed by atoms with Gasteiger partial charge < -0.3 is 14.6 Å². The molecular formula is C20H33NO4. The van der Waals surface area contributed by atoms with Crippen LogP contribution in [0.2, 0.25) is 0 Å². The number of hydrogen-bond acceptors (Lipinski definition) is 5. The van der Waals surface area contributed by atoms with Gasteiger partial charge in [-0.05, 0) is 50.0 Å². The van der Waals surface area contributed by atoms with Gasteiger partial charge in [-0.15, -0.1) is 0 Å². The van der Waals surface area contributed by atoms with Gasteiger partial charge in [0, 0.05) is 6.04 Å². The number of nitrogens with zero attached hydrogens (tertiary/aromatic N) is 1. The Bertz CT molecular complexity index is 526. The molecule has 0 spiro atoms. The van der Waals surface area contributed by atoms with Gasteiger partial charge in [-0.3, -0.25) is 4.90 Å². The van der Waals surface area contributed by atoms with Gasteiger partial charge in [0.1, 0.15) is 6.61 Å². The lowest BCUT2D eigenvalue weighted by atomic mass is 10.0. The molecule has 0 saturated carbocycles. The number of likely N-dealkylation sites (N-methyl/N-ethyl adjacent to an activating group) is 1. The van der Waals surface area contributed by atoms with E-state index in [4.69, 9.17) is 9.47 Å². The smallest absolute Gasteiger partial charge is 0.338 e. The Morgan fingerprint density at radius 2 is 1.88 bits per heavy atom. The highest BCUT2D eigenvalue weighted by atomic mass is 16.5. The summed E-state index contributed by atoms with van der Waals surface area (Å²) in [4.78, 5) is 14.7. The first kappa shape index (κ1) is 21.3. The maximum absolute atomic E-state index is 12.4. The third-order valence-corrected chi connectivity index (χ3v) is 4.14. The molecule has 0 unspecified atom stereocenters. The number of ether oxygens (including phenoxy) is 2. The van der Waals surface area contributed by atoms with Crippen LogP contribution in [0.4, 0.5) is 0 Å². The molecular weight excluding hydrogens is 318 g/mol. The van der Waals surface area contributed by atoms with Crippen molar-refractivity contribution in [2.75, 3.05) is 26.3 Å². The molecule has 0 aromatic heterocycles. The van der Waals surface area contributed by atoms with Gasteiger partial charge in [0.15, 0.2) is 11.5 Å². The summed E-state index contributed by atoms with van der Waals surface area (Å²) in [6, 6.07) is 4.79. The minimum absolute atomic E-state index is 0.0332. The van der Waals surface area contributed by atoms with Gasteiger partial charge in [-0.2, -0.15) is 0 Å². The van der Waals surface area contributed by atoms with E-state index in [1.165, 1.54) is 6.07 Å². The Morgan fingerprint density at radius 3 is 2.44 bits per heavy atom. The Hall–Kier alpha value is -1.75. The van der Waals surface area contributed by atoms with Crippen LogP contribution in [0.3, 0.4) is 0 Å². The fraction of sp³-hybridized carbons (Fsp3) is 0.650. The predicted molar refractivity (Wildman–Crippen MR) is 100 cm³/mol. The van der Waals surface area contributed by atoms with Crippen LogP contribution in [0.25, 0.3) is 0 Å². The van der Waals surface area contributed by atoms with Crippen LogP contribution in [-0.2, 0) is 4.74 Å². The highest BCUT2D eigenvalue weighted by Gasteiger charge is 2.20. The fourth-order valence-corrected chi connectivity index (χ4v) is 2.83. The summed E-state index contributed by atoms with van der Waals surface area (Å²) in [7, 11) is 0. The summed E-state index contributed by atoms with van der Waals surface area (Å²) in [6.45, 7) is 13.3. The number of esters is 1. The molecule has 0 bridgehead atoms. The summed E-state index contributed by atoms with van der Waals surface area (Å²) in [5.41, 5.74) is 0.395. The number of aromatic hydroxyl groups is 1. The van der Waals surface area contributed by atoms with Crippen LogP contribution in [0.5, 0.6) is 11.5 Å². The second-order valence-electron chi connectivity index (χ2n) is 6.63. The van der Waals surface area contributed by atoms with Gasteiger partial charge >= 0.3 is 5.97 Å². The van der Waals surface area contributed by atoms with Crippen LogP contribution in [0, 0.1) is 5.92 Å². The molecule has 142 valence electrons. The van der Waals surface area contributed by atoms with E-state index in [2.05, 4.69) is 32.6 Å². The van der Waals surface area contributed by atoms with Crippen molar-refractivity contribution in [3.63, 3.8) is 0 Å². The molecule has 1 rings (SSSR count). The maximum Gasteiger partial charge on any atom is 0.338 e. The Morgan fingerprint density at radius 1 is 1.20 bits per heavy atom. The highest BCUT2D eigenvalue weighted by molar-refractivity contribution is 5.90. The monoisotopic (exact) mass is 351 g/mol. The number of carbonyl (C=O) groups excluding carboxylic acids is 1. The third-order valence-electron chi connectivity index (χ3n) is 4.14. The maximum atomic E-state index is 12.4. The van der Waals surface area contributed by atoms with E-state index < -0.39 is 0 Å². The number of carbonyl (C=O) groups is 1. The lowest BCUT2D eigenvalue weighted by Crippen LogP contribution is -2.40. The van der Waals surface area contributed by atoms with Crippen molar-refractivity contribution in [1.82, 2.24) is 4.90 Å². The molecule has 1 aromatic rings. The van der Waals surface area contributed by atoms with Crippen LogP contribution in [0.1, 0.15) is 57.8 Å². The van der Waals surface area contributed by atoms with Crippen molar-refractivity contribution in [1.29, 1.82) is 0 Å². The second-order valence-corrected chi connectivity index (χ2v) is 6.63. The van der Waals surface area contributed by atoms with Crippen molar-refractivity contribution < 1.29 is 19.4 Å². The molecule has 0 saturated heterocycles. The topological polar surface area (TPSA) is 59.0 Å². The normalized spacial score (nSPS) is 12.4. The molecule has 25 heavy (non-hydrogen) atoms. The van der Waals surface area contributed by atoms with E-state index >= 15 is 0 Å². The zero-order valence-corrected chi connectivity index (χ0v) is 16.2. The van der Waals surface area contributed by atoms with Crippen LogP contribution < -0.4 is 4.74 Å². The molecule has 0 fully saturated rings. The van der Waals surface area contributed by atoms with Crippen molar-refractivity contribution in [2.45, 2.75) is 53.5 Å². The standard InChI is InChI=1S/C20H33NO4/c1-6-11-24-19-13-16(9-10-18(19)22)20(23)25-14-17(12-15(4)5)21(7-2)8-3/h9-10,13,15,17,22H,6-8,11-12,14H2,1-5H3/t17-/m0/s1. The molecule has 0 heterocycles. The van der Waals surface area contributed by atoms with Gasteiger partial charge in [0.2, 0.25) is 0 Å². The highest BCUT2D eigenvalue weighted by Crippen LogP contribution is 2.27. The minimum atomic E-state index is -0.387. The molecule has 0 amide bonds. The molecule has 0 aliphatic heterocycles. The fourth-order valence-electron chi connectivity index (χ4n) is 2.83. The number of rotatable bonds is 11. The quantitative estimate of drug-likeness (QED) is 0.608. The van der Waals surface area contributed by atoms with Gasteiger partial charge in [-0.25, -0.2) is 4.79 Å². The number of hydrogen-bond donors (Lipinski definition) is 1. The van der Waals surface area contributed by atoms with Crippen LogP contribution in [-0.4, -0.2) is 48.3 Å². The predicted octanol–water partition coefficient (Wildman–Crippen LogP) is 4.09. The Balaban J connectivity index is 2.76. The molecule has 0 radical (unpaired) electrons. The van der Waals surface area contributed by atoms with Crippen molar-refractivity contribution in [2.24, 2.45) is 5.92 Å². The van der Waals surface area contributed by atoms with Crippen molar-refractivity contribution in [3.8, 4) is 11.5 Å². The number of phenolic OH excluding ortho intramolecular Hbond substituents is 1. The average molecular weight is 351 g/mol. The third kappa shape index (κ3) is 6.94. The van der Waals surface area contributed by atoms with Gasteiger partial charge in [0.25, 0.3) is 0 Å². The zero-order chi connectivity index (χ0) is 18.8. The van der Waals surface area contributed by atoms with E-state index in [0.717, 1.165) is 25.9 Å². The minimum Gasteiger partial charge on any atom is -0.504 e. The first-order valence-electron chi connectivity index (χ1n) is 9.29. The van der Waals surface area contributed by atoms with E-state index in [-0.39, 0.29) is 17.8 Å². The Kier molecular flexibility index (Phi) is 9.35. The lowest BCUT2D eigenvalue weighted by molar-refractivity contribution is 0.0330. The summed E-state index contributed by atoms with van der Waals surface area (Å²) >= 11 is 0. The molecule has 1 atom stereocenters.